The Morgan fingerprint density at radius 3 is 2.16 bits per heavy atom. The van der Waals surface area contributed by atoms with Crippen LogP contribution in [-0.4, -0.2) is 54.5 Å². The molecule has 2 aromatic carbocycles. The number of esters is 1. The summed E-state index contributed by atoms with van der Waals surface area (Å²) in [4.78, 5) is 16.8. The van der Waals surface area contributed by atoms with E-state index in [1.807, 2.05) is 32.9 Å². The minimum Gasteiger partial charge on any atom is -0.497 e. The van der Waals surface area contributed by atoms with Gasteiger partial charge in [0, 0.05) is 44.7 Å². The molecule has 0 radical (unpaired) electrons. The number of ether oxygens (including phenoxy) is 2. The molecule has 0 aliphatic rings. The van der Waals surface area contributed by atoms with Crippen molar-refractivity contribution in [1.82, 2.24) is 0 Å². The third-order valence-electron chi connectivity index (χ3n) is 4.50. The predicted molar refractivity (Wildman–Crippen MR) is 127 cm³/mol. The van der Waals surface area contributed by atoms with Crippen LogP contribution in [0.4, 0.5) is 0 Å². The Kier molecular flexibility index (Phi) is 11.1. The molecule has 0 aromatic heterocycles. The van der Waals surface area contributed by atoms with E-state index in [0.29, 0.717) is 43.4 Å². The number of carbonyl (C=O) groups excluding carboxylic acids is 1. The fourth-order valence-corrected chi connectivity index (χ4v) is 5.69. The van der Waals surface area contributed by atoms with Gasteiger partial charge in [-0.15, -0.1) is 0 Å². The maximum Gasteiger partial charge on any atom is 0.500 e. The average Bonchev–Trinajstić information content (AvgIpc) is 2.80. The van der Waals surface area contributed by atoms with Crippen molar-refractivity contribution in [2.45, 2.75) is 33.2 Å². The second-order valence-corrected chi connectivity index (χ2v) is 9.54. The highest BCUT2D eigenvalue weighted by Crippen LogP contribution is 2.20. The molecule has 0 spiro atoms. The van der Waals surface area contributed by atoms with Crippen LogP contribution in [0.15, 0.2) is 53.5 Å². The van der Waals surface area contributed by atoms with E-state index in [-0.39, 0.29) is 0 Å². The fraction of sp³-hybridized carbons (Fsp3) is 0.417. The first-order valence-corrected chi connectivity index (χ1v) is 12.9. The lowest BCUT2D eigenvalue weighted by molar-refractivity contribution is 0.0707. The van der Waals surface area contributed by atoms with E-state index < -0.39 is 14.8 Å². The van der Waals surface area contributed by atoms with Gasteiger partial charge in [-0.3, -0.25) is 4.99 Å². The summed E-state index contributed by atoms with van der Waals surface area (Å²) in [6, 6.07) is 14.8. The molecule has 0 atom stereocenters. The molecule has 0 aliphatic heterocycles. The first-order valence-electron chi connectivity index (χ1n) is 10.9. The number of methoxy groups -OCH3 is 1. The molecule has 8 heteroatoms. The number of hydrogen-bond acceptors (Lipinski definition) is 7. The topological polar surface area (TPSA) is 75.6 Å². The smallest absolute Gasteiger partial charge is 0.497 e. The Morgan fingerprint density at radius 1 is 0.938 bits per heavy atom. The van der Waals surface area contributed by atoms with Crippen LogP contribution in [0, 0.1) is 0 Å². The first-order chi connectivity index (χ1) is 15.6. The van der Waals surface area contributed by atoms with Gasteiger partial charge >= 0.3 is 14.8 Å². The maximum absolute atomic E-state index is 12.3. The number of carbonyl (C=O) groups is 1. The number of benzene rings is 2. The third kappa shape index (κ3) is 8.20. The van der Waals surface area contributed by atoms with Crippen molar-refractivity contribution in [2.75, 3.05) is 33.5 Å². The van der Waals surface area contributed by atoms with Crippen LogP contribution in [0.3, 0.4) is 0 Å². The van der Waals surface area contributed by atoms with Crippen molar-refractivity contribution < 1.29 is 27.5 Å². The quantitative estimate of drug-likeness (QED) is 0.133. The molecular weight excluding hydrogens is 426 g/mol. The summed E-state index contributed by atoms with van der Waals surface area (Å²) in [5.41, 5.74) is 1.37. The van der Waals surface area contributed by atoms with Crippen molar-refractivity contribution in [1.29, 1.82) is 0 Å². The number of aliphatic imine (C=N–C) groups is 1. The summed E-state index contributed by atoms with van der Waals surface area (Å²) in [5.74, 6) is 0.641. The van der Waals surface area contributed by atoms with Crippen molar-refractivity contribution in [3.05, 3.63) is 59.7 Å². The largest absolute Gasteiger partial charge is 0.500 e. The summed E-state index contributed by atoms with van der Waals surface area (Å²) in [7, 11) is -1.05. The van der Waals surface area contributed by atoms with Crippen LogP contribution in [0.2, 0.25) is 6.04 Å². The Morgan fingerprint density at radius 2 is 1.56 bits per heavy atom. The van der Waals surface area contributed by atoms with Crippen LogP contribution in [0.1, 0.15) is 43.1 Å². The van der Waals surface area contributed by atoms with Gasteiger partial charge < -0.3 is 22.8 Å². The zero-order valence-electron chi connectivity index (χ0n) is 19.3. The number of hydrogen-bond donors (Lipinski definition) is 0. The van der Waals surface area contributed by atoms with Crippen LogP contribution in [0.25, 0.3) is 0 Å². The highest BCUT2D eigenvalue weighted by molar-refractivity contribution is 6.60. The molecule has 0 heterocycles. The second-order valence-electron chi connectivity index (χ2n) is 6.81. The van der Waals surface area contributed by atoms with E-state index >= 15 is 0 Å². The van der Waals surface area contributed by atoms with Gasteiger partial charge in [0.05, 0.1) is 12.7 Å². The SMILES string of the molecule is CCO[Si](CCCN=Cc1ccc(C(=O)Oc2cccc(OC)c2)cc1)(OCC)OCC. The summed E-state index contributed by atoms with van der Waals surface area (Å²) < 4.78 is 28.1. The lowest BCUT2D eigenvalue weighted by Gasteiger charge is -2.28. The summed E-state index contributed by atoms with van der Waals surface area (Å²) in [6.45, 7) is 8.21. The standard InChI is InChI=1S/C24H33NO6Si/c1-5-28-32(29-6-2,30-7-3)17-9-16-25-19-20-12-14-21(15-13-20)24(26)31-23-11-8-10-22(18-23)27-4/h8,10-15,18-19H,5-7,9,16-17H2,1-4H3. The zero-order valence-corrected chi connectivity index (χ0v) is 20.3. The monoisotopic (exact) mass is 459 g/mol. The van der Waals surface area contributed by atoms with Crippen molar-refractivity contribution >= 4 is 21.0 Å². The molecule has 0 saturated carbocycles. The van der Waals surface area contributed by atoms with Crippen molar-refractivity contribution in [3.8, 4) is 11.5 Å². The lowest BCUT2D eigenvalue weighted by Crippen LogP contribution is -2.46. The predicted octanol–water partition coefficient (Wildman–Crippen LogP) is 4.77. The van der Waals surface area contributed by atoms with E-state index in [1.54, 1.807) is 49.7 Å². The van der Waals surface area contributed by atoms with Crippen LogP contribution < -0.4 is 9.47 Å². The van der Waals surface area contributed by atoms with Gasteiger partial charge in [0.2, 0.25) is 0 Å². The van der Waals surface area contributed by atoms with Crippen LogP contribution in [-0.2, 0) is 13.3 Å². The van der Waals surface area contributed by atoms with Gasteiger partial charge in [0.15, 0.2) is 0 Å². The van der Waals surface area contributed by atoms with Gasteiger partial charge in [0.25, 0.3) is 0 Å². The van der Waals surface area contributed by atoms with Crippen molar-refractivity contribution in [3.63, 3.8) is 0 Å². The van der Waals surface area contributed by atoms with E-state index in [9.17, 15) is 4.79 Å². The molecule has 0 saturated heterocycles. The van der Waals surface area contributed by atoms with E-state index in [1.165, 1.54) is 0 Å². The average molecular weight is 460 g/mol. The molecule has 7 nitrogen and oxygen atoms in total. The van der Waals surface area contributed by atoms with Gasteiger partial charge in [-0.2, -0.15) is 0 Å². The molecule has 32 heavy (non-hydrogen) atoms. The molecule has 174 valence electrons. The molecule has 0 aliphatic carbocycles. The summed E-state index contributed by atoms with van der Waals surface area (Å²) in [6.07, 6.45) is 2.61. The van der Waals surface area contributed by atoms with Crippen LogP contribution in [0.5, 0.6) is 11.5 Å². The number of nitrogens with zero attached hydrogens (tertiary/aromatic N) is 1. The van der Waals surface area contributed by atoms with Crippen molar-refractivity contribution in [2.24, 2.45) is 4.99 Å². The van der Waals surface area contributed by atoms with Gasteiger partial charge in [-0.25, -0.2) is 4.79 Å². The van der Waals surface area contributed by atoms with E-state index in [0.717, 1.165) is 18.0 Å². The molecule has 0 amide bonds. The Labute approximate surface area is 191 Å². The first kappa shape index (κ1) is 25.7. The molecule has 2 aromatic rings. The van der Waals surface area contributed by atoms with Gasteiger partial charge in [-0.1, -0.05) is 18.2 Å². The van der Waals surface area contributed by atoms with Crippen LogP contribution >= 0.6 is 0 Å². The maximum atomic E-state index is 12.3. The third-order valence-corrected chi connectivity index (χ3v) is 7.65. The molecule has 0 unspecified atom stereocenters. The highest BCUT2D eigenvalue weighted by Gasteiger charge is 2.39. The Bertz CT molecular complexity index is 839. The summed E-state index contributed by atoms with van der Waals surface area (Å²) in [5, 5.41) is 0. The fourth-order valence-electron chi connectivity index (χ4n) is 3.09. The van der Waals surface area contributed by atoms with Gasteiger partial charge in [0.1, 0.15) is 11.5 Å². The molecular formula is C24H33NO6Si. The highest BCUT2D eigenvalue weighted by atomic mass is 28.4. The normalized spacial score (nSPS) is 11.6. The van der Waals surface area contributed by atoms with E-state index in [2.05, 4.69) is 4.99 Å². The minimum absolute atomic E-state index is 0.425. The minimum atomic E-state index is -2.62. The van der Waals surface area contributed by atoms with E-state index in [4.69, 9.17) is 22.8 Å². The number of rotatable bonds is 14. The second kappa shape index (κ2) is 13.8. The van der Waals surface area contributed by atoms with Gasteiger partial charge in [-0.05, 0) is 57.0 Å². The molecule has 0 N–H and O–H groups in total. The lowest BCUT2D eigenvalue weighted by atomic mass is 10.1. The Balaban J connectivity index is 1.86. The zero-order chi connectivity index (χ0) is 23.2. The molecule has 0 fully saturated rings. The molecule has 0 bridgehead atoms. The Hall–Kier alpha value is -2.52. The summed E-state index contributed by atoms with van der Waals surface area (Å²) >= 11 is 0. The molecule has 2 rings (SSSR count).